The van der Waals surface area contributed by atoms with Crippen molar-refractivity contribution in [3.8, 4) is 0 Å². The molecule has 0 atom stereocenters. The number of hydrogen-bond acceptors (Lipinski definition) is 4. The van der Waals surface area contributed by atoms with Gasteiger partial charge >= 0.3 is 0 Å². The molecule has 0 bridgehead atoms. The smallest absolute Gasteiger partial charge is 0.146 e. The predicted octanol–water partition coefficient (Wildman–Crippen LogP) is -0.0160. The fourth-order valence-corrected chi connectivity index (χ4v) is 1.86. The number of aryl methyl sites for hydroxylation is 1. The van der Waals surface area contributed by atoms with Gasteiger partial charge in [0.1, 0.15) is 11.6 Å². The van der Waals surface area contributed by atoms with Gasteiger partial charge in [0.2, 0.25) is 0 Å². The van der Waals surface area contributed by atoms with Crippen molar-refractivity contribution in [2.75, 3.05) is 6.54 Å². The molecule has 84 valence electrons. The number of hydrogen-bond donors (Lipinski definition) is 2. The van der Waals surface area contributed by atoms with Crippen LogP contribution in [0.3, 0.4) is 0 Å². The molecule has 1 aromatic rings. The van der Waals surface area contributed by atoms with Gasteiger partial charge in [0, 0.05) is 7.05 Å². The van der Waals surface area contributed by atoms with Crippen LogP contribution in [0.5, 0.6) is 0 Å². The molecule has 1 fully saturated rings. The molecule has 2 N–H and O–H groups in total. The summed E-state index contributed by atoms with van der Waals surface area (Å²) in [4.78, 5) is 0. The minimum Gasteiger partial charge on any atom is -0.393 e. The van der Waals surface area contributed by atoms with E-state index in [0.717, 1.165) is 37.6 Å². The van der Waals surface area contributed by atoms with Crippen molar-refractivity contribution in [2.45, 2.75) is 32.4 Å². The van der Waals surface area contributed by atoms with Crippen molar-refractivity contribution in [2.24, 2.45) is 13.0 Å². The van der Waals surface area contributed by atoms with Crippen molar-refractivity contribution >= 4 is 0 Å². The first-order valence-electron chi connectivity index (χ1n) is 5.40. The highest BCUT2D eigenvalue weighted by Crippen LogP contribution is 2.26. The Morgan fingerprint density at radius 3 is 2.73 bits per heavy atom. The van der Waals surface area contributed by atoms with Gasteiger partial charge < -0.3 is 15.0 Å². The molecular formula is C10H18N4O. The van der Waals surface area contributed by atoms with Crippen molar-refractivity contribution in [1.82, 2.24) is 20.1 Å². The lowest BCUT2D eigenvalue weighted by Crippen LogP contribution is -2.36. The zero-order valence-corrected chi connectivity index (χ0v) is 9.27. The molecule has 0 aliphatic heterocycles. The summed E-state index contributed by atoms with van der Waals surface area (Å²) >= 11 is 0. The van der Waals surface area contributed by atoms with Gasteiger partial charge in [-0.25, -0.2) is 0 Å². The second-order valence-corrected chi connectivity index (χ2v) is 4.34. The van der Waals surface area contributed by atoms with Crippen LogP contribution in [-0.2, 0) is 13.6 Å². The van der Waals surface area contributed by atoms with Gasteiger partial charge in [0.15, 0.2) is 0 Å². The third-order valence-corrected chi connectivity index (χ3v) is 3.11. The number of aromatic nitrogens is 3. The normalized spacial score (nSPS) is 25.3. The maximum absolute atomic E-state index is 9.13. The molecule has 5 nitrogen and oxygen atoms in total. The van der Waals surface area contributed by atoms with Gasteiger partial charge in [-0.05, 0) is 32.2 Å². The average molecular weight is 210 g/mol. The molecule has 0 aromatic carbocycles. The van der Waals surface area contributed by atoms with Gasteiger partial charge in [-0.3, -0.25) is 0 Å². The van der Waals surface area contributed by atoms with Crippen LogP contribution in [0.15, 0.2) is 0 Å². The number of nitrogens with one attached hydrogen (secondary N) is 1. The molecule has 1 heterocycles. The summed E-state index contributed by atoms with van der Waals surface area (Å²) in [5, 5.41) is 20.5. The standard InChI is InChI=1S/C10H18N4O/c1-7-12-13-10(14(7)2)6-11-5-8-3-9(15)4-8/h8-9,11,15H,3-6H2,1-2H3. The van der Waals surface area contributed by atoms with Crippen LogP contribution in [0.25, 0.3) is 0 Å². The lowest BCUT2D eigenvalue weighted by molar-refractivity contribution is 0.0429. The van der Waals surface area contributed by atoms with Gasteiger partial charge in [-0.1, -0.05) is 0 Å². The van der Waals surface area contributed by atoms with E-state index in [1.807, 2.05) is 18.5 Å². The Labute approximate surface area is 89.5 Å². The highest BCUT2D eigenvalue weighted by atomic mass is 16.3. The summed E-state index contributed by atoms with van der Waals surface area (Å²) < 4.78 is 1.99. The van der Waals surface area contributed by atoms with Crippen molar-refractivity contribution in [3.05, 3.63) is 11.6 Å². The fraction of sp³-hybridized carbons (Fsp3) is 0.800. The Balaban J connectivity index is 1.72. The largest absolute Gasteiger partial charge is 0.393 e. The molecule has 2 rings (SSSR count). The lowest BCUT2D eigenvalue weighted by atomic mass is 9.82. The number of nitrogens with zero attached hydrogens (tertiary/aromatic N) is 3. The molecule has 1 aromatic heterocycles. The molecule has 0 saturated heterocycles. The Morgan fingerprint density at radius 1 is 1.47 bits per heavy atom. The van der Waals surface area contributed by atoms with Crippen LogP contribution < -0.4 is 5.32 Å². The minimum absolute atomic E-state index is 0.0612. The third-order valence-electron chi connectivity index (χ3n) is 3.11. The molecule has 1 aliphatic rings. The van der Waals surface area contributed by atoms with E-state index in [-0.39, 0.29) is 6.10 Å². The Hall–Kier alpha value is -0.940. The first kappa shape index (κ1) is 10.6. The molecule has 0 unspecified atom stereocenters. The van der Waals surface area contributed by atoms with Crippen LogP contribution in [0.2, 0.25) is 0 Å². The molecule has 5 heteroatoms. The van der Waals surface area contributed by atoms with E-state index in [9.17, 15) is 0 Å². The Bertz CT molecular complexity index is 330. The van der Waals surface area contributed by atoms with Crippen LogP contribution >= 0.6 is 0 Å². The number of aliphatic hydroxyl groups excluding tert-OH is 1. The molecule has 1 saturated carbocycles. The number of rotatable bonds is 4. The van der Waals surface area contributed by atoms with E-state index in [1.54, 1.807) is 0 Å². The van der Waals surface area contributed by atoms with E-state index in [4.69, 9.17) is 5.11 Å². The summed E-state index contributed by atoms with van der Waals surface area (Å²) in [5.41, 5.74) is 0. The second-order valence-electron chi connectivity index (χ2n) is 4.34. The monoisotopic (exact) mass is 210 g/mol. The van der Waals surface area contributed by atoms with Crippen LogP contribution in [0.4, 0.5) is 0 Å². The van der Waals surface area contributed by atoms with E-state index in [1.165, 1.54) is 0 Å². The molecular weight excluding hydrogens is 192 g/mol. The lowest BCUT2D eigenvalue weighted by Gasteiger charge is -2.31. The van der Waals surface area contributed by atoms with Crippen LogP contribution in [-0.4, -0.2) is 32.5 Å². The molecule has 0 amide bonds. The van der Waals surface area contributed by atoms with Crippen molar-refractivity contribution in [3.63, 3.8) is 0 Å². The zero-order valence-electron chi connectivity index (χ0n) is 9.27. The van der Waals surface area contributed by atoms with Crippen LogP contribution in [0.1, 0.15) is 24.5 Å². The molecule has 0 spiro atoms. The van der Waals surface area contributed by atoms with E-state index >= 15 is 0 Å². The summed E-state index contributed by atoms with van der Waals surface area (Å²) in [6.45, 7) is 3.66. The zero-order chi connectivity index (χ0) is 10.8. The van der Waals surface area contributed by atoms with E-state index in [2.05, 4.69) is 15.5 Å². The number of aliphatic hydroxyl groups is 1. The fourth-order valence-electron chi connectivity index (χ4n) is 1.86. The Morgan fingerprint density at radius 2 is 2.20 bits per heavy atom. The van der Waals surface area contributed by atoms with Gasteiger partial charge in [0.25, 0.3) is 0 Å². The Kier molecular flexibility index (Phi) is 3.02. The molecule has 15 heavy (non-hydrogen) atoms. The minimum atomic E-state index is -0.0612. The molecule has 0 radical (unpaired) electrons. The van der Waals surface area contributed by atoms with E-state index in [0.29, 0.717) is 5.92 Å². The first-order valence-corrected chi connectivity index (χ1v) is 5.40. The summed E-state index contributed by atoms with van der Waals surface area (Å²) in [6.07, 6.45) is 1.81. The van der Waals surface area contributed by atoms with Crippen LogP contribution in [0, 0.1) is 12.8 Å². The third kappa shape index (κ3) is 2.35. The predicted molar refractivity (Wildman–Crippen MR) is 56.2 cm³/mol. The summed E-state index contributed by atoms with van der Waals surface area (Å²) in [5.74, 6) is 2.53. The van der Waals surface area contributed by atoms with E-state index < -0.39 is 0 Å². The maximum Gasteiger partial charge on any atom is 0.146 e. The molecule has 1 aliphatic carbocycles. The van der Waals surface area contributed by atoms with Crippen molar-refractivity contribution < 1.29 is 5.11 Å². The average Bonchev–Trinajstić information content (AvgIpc) is 2.46. The second kappa shape index (κ2) is 4.28. The van der Waals surface area contributed by atoms with Gasteiger partial charge in [-0.15, -0.1) is 10.2 Å². The highest BCUT2D eigenvalue weighted by molar-refractivity contribution is 4.92. The maximum atomic E-state index is 9.13. The van der Waals surface area contributed by atoms with Crippen molar-refractivity contribution in [1.29, 1.82) is 0 Å². The topological polar surface area (TPSA) is 63.0 Å². The SMILES string of the molecule is Cc1nnc(CNCC2CC(O)C2)n1C. The summed E-state index contributed by atoms with van der Waals surface area (Å²) in [6, 6.07) is 0. The van der Waals surface area contributed by atoms with Gasteiger partial charge in [-0.2, -0.15) is 0 Å². The van der Waals surface area contributed by atoms with Gasteiger partial charge in [0.05, 0.1) is 12.6 Å². The highest BCUT2D eigenvalue weighted by Gasteiger charge is 2.26. The quantitative estimate of drug-likeness (QED) is 0.733. The first-order chi connectivity index (χ1) is 7.16. The summed E-state index contributed by atoms with van der Waals surface area (Å²) in [7, 11) is 1.97.